The van der Waals surface area contributed by atoms with Gasteiger partial charge < -0.3 is 4.57 Å². The van der Waals surface area contributed by atoms with Crippen LogP contribution in [-0.2, 0) is 6.54 Å². The van der Waals surface area contributed by atoms with Crippen LogP contribution in [0.2, 0.25) is 5.02 Å². The lowest BCUT2D eigenvalue weighted by molar-refractivity contribution is 0.800. The van der Waals surface area contributed by atoms with E-state index in [1.54, 1.807) is 11.3 Å². The maximum absolute atomic E-state index is 6.01. The zero-order chi connectivity index (χ0) is 17.1. The van der Waals surface area contributed by atoms with E-state index in [4.69, 9.17) is 16.6 Å². The van der Waals surface area contributed by atoms with E-state index in [9.17, 15) is 0 Å². The van der Waals surface area contributed by atoms with E-state index < -0.39 is 0 Å². The summed E-state index contributed by atoms with van der Waals surface area (Å²) >= 11 is 7.65. The van der Waals surface area contributed by atoms with E-state index in [0.717, 1.165) is 26.8 Å². The van der Waals surface area contributed by atoms with Gasteiger partial charge in [-0.15, -0.1) is 34.9 Å². The standard InChI is InChI=1S/C20H19ClN2S.BrH/c1-4-12-23-19(16-8-10-17(21)11-9-16)13-24-20(23)22-18-7-5-6-14(2)15(18)3;/h4-11,13H,1,12H2,2-3H3;1H. The lowest BCUT2D eigenvalue weighted by Gasteiger charge is -2.07. The largest absolute Gasteiger partial charge is 0.313 e. The molecule has 0 bridgehead atoms. The van der Waals surface area contributed by atoms with E-state index in [-0.39, 0.29) is 17.0 Å². The van der Waals surface area contributed by atoms with Gasteiger partial charge in [0.05, 0.1) is 11.4 Å². The number of allylic oxidation sites excluding steroid dienone is 1. The van der Waals surface area contributed by atoms with Crippen molar-refractivity contribution in [2.75, 3.05) is 0 Å². The lowest BCUT2D eigenvalue weighted by Crippen LogP contribution is -2.14. The van der Waals surface area contributed by atoms with Crippen molar-refractivity contribution in [2.24, 2.45) is 4.99 Å². The van der Waals surface area contributed by atoms with Crippen molar-refractivity contribution in [1.29, 1.82) is 0 Å². The Kier molecular flexibility index (Phi) is 6.82. The molecule has 25 heavy (non-hydrogen) atoms. The summed E-state index contributed by atoms with van der Waals surface area (Å²) in [5, 5.41) is 2.88. The molecule has 2 aromatic carbocycles. The minimum absolute atomic E-state index is 0. The molecular weight excluding hydrogens is 416 g/mol. The van der Waals surface area contributed by atoms with Gasteiger partial charge in [0.25, 0.3) is 0 Å². The van der Waals surface area contributed by atoms with Crippen molar-refractivity contribution < 1.29 is 0 Å². The second-order valence-electron chi connectivity index (χ2n) is 5.64. The van der Waals surface area contributed by atoms with Gasteiger partial charge in [0.2, 0.25) is 0 Å². The predicted molar refractivity (Wildman–Crippen MR) is 114 cm³/mol. The van der Waals surface area contributed by atoms with E-state index >= 15 is 0 Å². The quantitative estimate of drug-likeness (QED) is 0.417. The smallest absolute Gasteiger partial charge is 0.190 e. The van der Waals surface area contributed by atoms with Crippen molar-refractivity contribution in [1.82, 2.24) is 4.57 Å². The molecule has 0 aliphatic carbocycles. The van der Waals surface area contributed by atoms with Crippen LogP contribution >= 0.6 is 39.9 Å². The first-order valence-electron chi connectivity index (χ1n) is 7.76. The third kappa shape index (κ3) is 4.32. The Balaban J connectivity index is 0.00000225. The van der Waals surface area contributed by atoms with Gasteiger partial charge in [-0.05, 0) is 48.7 Å². The van der Waals surface area contributed by atoms with Gasteiger partial charge >= 0.3 is 0 Å². The van der Waals surface area contributed by atoms with Gasteiger partial charge in [-0.1, -0.05) is 41.9 Å². The van der Waals surface area contributed by atoms with Crippen molar-refractivity contribution in [3.63, 3.8) is 0 Å². The maximum Gasteiger partial charge on any atom is 0.190 e. The average molecular weight is 436 g/mol. The molecule has 0 atom stereocenters. The number of hydrogen-bond acceptors (Lipinski definition) is 2. The summed E-state index contributed by atoms with van der Waals surface area (Å²) in [6, 6.07) is 14.1. The van der Waals surface area contributed by atoms with E-state index in [1.807, 2.05) is 36.4 Å². The van der Waals surface area contributed by atoms with E-state index in [0.29, 0.717) is 6.54 Å². The molecule has 1 aromatic heterocycles. The fourth-order valence-electron chi connectivity index (χ4n) is 2.54. The Morgan fingerprint density at radius 2 is 1.88 bits per heavy atom. The molecule has 0 amide bonds. The normalized spacial score (nSPS) is 11.2. The zero-order valence-electron chi connectivity index (χ0n) is 14.2. The average Bonchev–Trinajstić information content (AvgIpc) is 2.96. The highest BCUT2D eigenvalue weighted by atomic mass is 79.9. The summed E-state index contributed by atoms with van der Waals surface area (Å²) in [6.07, 6.45) is 1.90. The van der Waals surface area contributed by atoms with Crippen molar-refractivity contribution in [2.45, 2.75) is 20.4 Å². The van der Waals surface area contributed by atoms with Crippen LogP contribution in [0, 0.1) is 13.8 Å². The summed E-state index contributed by atoms with van der Waals surface area (Å²) in [4.78, 5) is 5.86. The molecule has 130 valence electrons. The first-order valence-corrected chi connectivity index (χ1v) is 9.02. The summed E-state index contributed by atoms with van der Waals surface area (Å²) in [7, 11) is 0. The second kappa shape index (κ2) is 8.65. The van der Waals surface area contributed by atoms with Crippen molar-refractivity contribution in [3.05, 3.63) is 81.5 Å². The molecule has 3 rings (SSSR count). The van der Waals surface area contributed by atoms with Crippen molar-refractivity contribution in [3.8, 4) is 11.3 Å². The van der Waals surface area contributed by atoms with Gasteiger partial charge in [-0.2, -0.15) is 0 Å². The van der Waals surface area contributed by atoms with Crippen LogP contribution in [0.25, 0.3) is 11.3 Å². The Morgan fingerprint density at radius 3 is 2.56 bits per heavy atom. The molecule has 0 saturated heterocycles. The van der Waals surface area contributed by atoms with Crippen LogP contribution in [0.3, 0.4) is 0 Å². The zero-order valence-corrected chi connectivity index (χ0v) is 17.5. The maximum atomic E-state index is 6.01. The molecule has 2 nitrogen and oxygen atoms in total. The van der Waals surface area contributed by atoms with Gasteiger partial charge in [-0.3, -0.25) is 0 Å². The van der Waals surface area contributed by atoms with E-state index in [2.05, 4.69) is 42.5 Å². The highest BCUT2D eigenvalue weighted by Crippen LogP contribution is 2.24. The SMILES string of the molecule is Br.C=CCn1c(-c2ccc(Cl)cc2)csc1=Nc1cccc(C)c1C. The number of aryl methyl sites for hydroxylation is 1. The molecule has 3 aromatic rings. The highest BCUT2D eigenvalue weighted by Gasteiger charge is 2.08. The lowest BCUT2D eigenvalue weighted by atomic mass is 10.1. The highest BCUT2D eigenvalue weighted by molar-refractivity contribution is 8.93. The van der Waals surface area contributed by atoms with Gasteiger partial charge in [-0.25, -0.2) is 4.99 Å². The number of halogens is 2. The summed E-state index contributed by atoms with van der Waals surface area (Å²) in [5.74, 6) is 0. The Morgan fingerprint density at radius 1 is 1.16 bits per heavy atom. The van der Waals surface area contributed by atoms with E-state index in [1.165, 1.54) is 11.1 Å². The van der Waals surface area contributed by atoms with Crippen molar-refractivity contribution >= 4 is 45.6 Å². The number of nitrogens with zero attached hydrogens (tertiary/aromatic N) is 2. The Hall–Kier alpha value is -1.62. The summed E-state index contributed by atoms with van der Waals surface area (Å²) < 4.78 is 2.18. The minimum atomic E-state index is 0. The van der Waals surface area contributed by atoms with Crippen LogP contribution < -0.4 is 4.80 Å². The fourth-order valence-corrected chi connectivity index (χ4v) is 3.59. The van der Waals surface area contributed by atoms with Crippen LogP contribution in [0.1, 0.15) is 11.1 Å². The number of aromatic nitrogens is 1. The minimum Gasteiger partial charge on any atom is -0.313 e. The third-order valence-corrected chi connectivity index (χ3v) is 5.16. The molecule has 0 unspecified atom stereocenters. The van der Waals surface area contributed by atoms with Crippen LogP contribution in [0.4, 0.5) is 5.69 Å². The second-order valence-corrected chi connectivity index (χ2v) is 6.91. The molecule has 0 aliphatic rings. The molecule has 5 heteroatoms. The molecular formula is C20H20BrClN2S. The molecule has 0 saturated carbocycles. The first kappa shape index (κ1) is 19.7. The van der Waals surface area contributed by atoms with Crippen LogP contribution in [0.15, 0.2) is 65.5 Å². The number of thiazole rings is 1. The molecule has 0 fully saturated rings. The molecule has 0 spiro atoms. The predicted octanol–water partition coefficient (Wildman–Crippen LogP) is 6.48. The number of rotatable bonds is 4. The number of benzene rings is 2. The third-order valence-electron chi connectivity index (χ3n) is 4.04. The number of hydrogen-bond donors (Lipinski definition) is 0. The first-order chi connectivity index (χ1) is 11.6. The van der Waals surface area contributed by atoms with Gasteiger partial charge in [0.1, 0.15) is 0 Å². The summed E-state index contributed by atoms with van der Waals surface area (Å²) in [5.41, 5.74) is 5.72. The Labute approximate surface area is 167 Å². The van der Waals surface area contributed by atoms with Gasteiger partial charge in [0.15, 0.2) is 4.80 Å². The fraction of sp³-hybridized carbons (Fsp3) is 0.150. The molecule has 0 N–H and O–H groups in total. The molecule has 0 radical (unpaired) electrons. The Bertz CT molecular complexity index is 939. The monoisotopic (exact) mass is 434 g/mol. The topological polar surface area (TPSA) is 17.3 Å². The van der Waals surface area contributed by atoms with Gasteiger partial charge in [0, 0.05) is 16.9 Å². The molecule has 1 heterocycles. The molecule has 0 aliphatic heterocycles. The summed E-state index contributed by atoms with van der Waals surface area (Å²) in [6.45, 7) is 8.82. The van der Waals surface area contributed by atoms with Crippen LogP contribution in [-0.4, -0.2) is 4.57 Å². The van der Waals surface area contributed by atoms with Crippen LogP contribution in [0.5, 0.6) is 0 Å².